The van der Waals surface area contributed by atoms with Gasteiger partial charge in [-0.05, 0) is 31.9 Å². The largest absolute Gasteiger partial charge is 0.508 e. The normalized spacial score (nSPS) is 17.0. The highest BCUT2D eigenvalue weighted by Gasteiger charge is 2.21. The molecule has 0 amide bonds. The monoisotopic (exact) mass is 363 g/mol. The first-order valence-electron chi connectivity index (χ1n) is 9.52. The van der Waals surface area contributed by atoms with Crippen LogP contribution in [-0.2, 0) is 17.8 Å². The third kappa shape index (κ3) is 4.26. The molecule has 1 N–H and O–H groups in total. The van der Waals surface area contributed by atoms with Crippen molar-refractivity contribution < 1.29 is 9.84 Å². The van der Waals surface area contributed by atoms with Crippen molar-refractivity contribution in [2.45, 2.75) is 39.0 Å². The number of benzene rings is 2. The molecule has 0 saturated carbocycles. The van der Waals surface area contributed by atoms with Crippen LogP contribution in [0.2, 0.25) is 0 Å². The molecule has 2 aromatic carbocycles. The number of phenolic OH excluding ortho intramolecular Hbond substituents is 1. The lowest BCUT2D eigenvalue weighted by Gasteiger charge is -2.25. The molecule has 27 heavy (non-hydrogen) atoms. The van der Waals surface area contributed by atoms with Crippen LogP contribution in [-0.4, -0.2) is 39.2 Å². The van der Waals surface area contributed by atoms with Crippen LogP contribution in [0.5, 0.6) is 5.75 Å². The minimum absolute atomic E-state index is 0.234. The Kier molecular flexibility index (Phi) is 5.32. The number of hydrogen-bond donors (Lipinski definition) is 1. The van der Waals surface area contributed by atoms with E-state index in [2.05, 4.69) is 11.0 Å². The third-order valence-corrected chi connectivity index (χ3v) is 5.08. The van der Waals surface area contributed by atoms with Crippen molar-refractivity contribution in [3.05, 3.63) is 65.6 Å². The van der Waals surface area contributed by atoms with Gasteiger partial charge in [0, 0.05) is 36.3 Å². The molecule has 1 unspecified atom stereocenters. The van der Waals surface area contributed by atoms with Crippen molar-refractivity contribution >= 4 is 10.9 Å². The van der Waals surface area contributed by atoms with Crippen LogP contribution >= 0.6 is 0 Å². The smallest absolute Gasteiger partial charge is 0.143 e. The Morgan fingerprint density at radius 3 is 2.70 bits per heavy atom. The first kappa shape index (κ1) is 17.9. The molecular weight excluding hydrogens is 338 g/mol. The maximum absolute atomic E-state index is 10.2. The van der Waals surface area contributed by atoms with E-state index in [9.17, 15) is 5.11 Å². The fraction of sp³-hybridized carbons (Fsp3) is 0.364. The van der Waals surface area contributed by atoms with Gasteiger partial charge in [-0.25, -0.2) is 9.97 Å². The summed E-state index contributed by atoms with van der Waals surface area (Å²) in [4.78, 5) is 11.8. The third-order valence-electron chi connectivity index (χ3n) is 5.08. The van der Waals surface area contributed by atoms with Gasteiger partial charge in [0.05, 0.1) is 18.2 Å². The zero-order valence-electron chi connectivity index (χ0n) is 15.6. The number of aromatic hydroxyl groups is 1. The van der Waals surface area contributed by atoms with E-state index < -0.39 is 0 Å². The van der Waals surface area contributed by atoms with Crippen LogP contribution in [0.3, 0.4) is 0 Å². The average Bonchev–Trinajstić information content (AvgIpc) is 3.17. The Labute approximate surface area is 159 Å². The molecule has 140 valence electrons. The number of nitrogens with zero attached hydrogens (tertiary/aromatic N) is 3. The van der Waals surface area contributed by atoms with Crippen molar-refractivity contribution in [3.8, 4) is 5.75 Å². The van der Waals surface area contributed by atoms with Gasteiger partial charge < -0.3 is 9.84 Å². The lowest BCUT2D eigenvalue weighted by molar-refractivity contribution is 0.0667. The van der Waals surface area contributed by atoms with Gasteiger partial charge in [-0.3, -0.25) is 4.90 Å². The van der Waals surface area contributed by atoms with E-state index in [4.69, 9.17) is 14.7 Å². The van der Waals surface area contributed by atoms with Gasteiger partial charge in [0.15, 0.2) is 0 Å². The van der Waals surface area contributed by atoms with Crippen LogP contribution in [0.25, 0.3) is 10.9 Å². The zero-order valence-corrected chi connectivity index (χ0v) is 15.6. The van der Waals surface area contributed by atoms with Crippen LogP contribution in [0.15, 0.2) is 48.5 Å². The molecule has 5 nitrogen and oxygen atoms in total. The van der Waals surface area contributed by atoms with Gasteiger partial charge in [0.2, 0.25) is 0 Å². The minimum atomic E-state index is 0.234. The van der Waals surface area contributed by atoms with Crippen molar-refractivity contribution in [2.24, 2.45) is 0 Å². The standard InChI is InChI=1S/C22H25N3O2/c1-16-19-9-3-4-10-20(19)24-22(23-16)15-25(14-18-8-6-12-27-18)13-17-7-2-5-11-21(17)26/h2-5,7,9-11,18,26H,6,8,12-15H2,1H3. The van der Waals surface area contributed by atoms with Gasteiger partial charge in [-0.1, -0.05) is 36.4 Å². The van der Waals surface area contributed by atoms with Crippen LogP contribution in [0.4, 0.5) is 0 Å². The first-order valence-corrected chi connectivity index (χ1v) is 9.52. The lowest BCUT2D eigenvalue weighted by Crippen LogP contribution is -2.32. The highest BCUT2D eigenvalue weighted by molar-refractivity contribution is 5.80. The van der Waals surface area contributed by atoms with Gasteiger partial charge in [-0.15, -0.1) is 0 Å². The van der Waals surface area contributed by atoms with Crippen molar-refractivity contribution in [3.63, 3.8) is 0 Å². The fourth-order valence-corrected chi connectivity index (χ4v) is 3.71. The maximum atomic E-state index is 10.2. The summed E-state index contributed by atoms with van der Waals surface area (Å²) in [7, 11) is 0. The maximum Gasteiger partial charge on any atom is 0.143 e. The summed E-state index contributed by atoms with van der Waals surface area (Å²) in [5.74, 6) is 1.13. The molecule has 0 aliphatic carbocycles. The number of ether oxygens (including phenoxy) is 1. The Balaban J connectivity index is 1.59. The second kappa shape index (κ2) is 8.03. The Hall–Kier alpha value is -2.50. The molecule has 1 fully saturated rings. The molecule has 2 heterocycles. The molecule has 1 saturated heterocycles. The summed E-state index contributed by atoms with van der Waals surface area (Å²) in [6.07, 6.45) is 2.42. The van der Waals surface area contributed by atoms with Crippen LogP contribution in [0.1, 0.15) is 29.9 Å². The highest BCUT2D eigenvalue weighted by atomic mass is 16.5. The summed E-state index contributed by atoms with van der Waals surface area (Å²) >= 11 is 0. The Bertz CT molecular complexity index is 922. The van der Waals surface area contributed by atoms with Gasteiger partial charge >= 0.3 is 0 Å². The first-order chi connectivity index (χ1) is 13.2. The molecule has 1 atom stereocenters. The van der Waals surface area contributed by atoms with E-state index in [0.717, 1.165) is 54.0 Å². The van der Waals surface area contributed by atoms with E-state index in [-0.39, 0.29) is 6.10 Å². The summed E-state index contributed by atoms with van der Waals surface area (Å²) in [6, 6.07) is 15.6. The summed E-state index contributed by atoms with van der Waals surface area (Å²) in [5.41, 5.74) is 2.88. The second-order valence-corrected chi connectivity index (χ2v) is 7.18. The molecule has 0 radical (unpaired) electrons. The number of rotatable bonds is 6. The van der Waals surface area contributed by atoms with E-state index >= 15 is 0 Å². The highest BCUT2D eigenvalue weighted by Crippen LogP contribution is 2.22. The number of aromatic nitrogens is 2. The quantitative estimate of drug-likeness (QED) is 0.721. The summed E-state index contributed by atoms with van der Waals surface area (Å²) in [5, 5.41) is 11.3. The number of fused-ring (bicyclic) bond motifs is 1. The van der Waals surface area contributed by atoms with E-state index in [0.29, 0.717) is 18.8 Å². The molecule has 1 aromatic heterocycles. The minimum Gasteiger partial charge on any atom is -0.508 e. The predicted molar refractivity (Wildman–Crippen MR) is 105 cm³/mol. The number of phenols is 1. The van der Waals surface area contributed by atoms with Crippen molar-refractivity contribution in [2.75, 3.05) is 13.2 Å². The second-order valence-electron chi connectivity index (χ2n) is 7.18. The van der Waals surface area contributed by atoms with Gasteiger partial charge in [0.1, 0.15) is 11.6 Å². The number of hydrogen-bond acceptors (Lipinski definition) is 5. The fourth-order valence-electron chi connectivity index (χ4n) is 3.71. The Morgan fingerprint density at radius 2 is 1.89 bits per heavy atom. The van der Waals surface area contributed by atoms with Gasteiger partial charge in [0.25, 0.3) is 0 Å². The number of aryl methyl sites for hydroxylation is 1. The lowest BCUT2D eigenvalue weighted by atomic mass is 10.1. The topological polar surface area (TPSA) is 58.5 Å². The predicted octanol–water partition coefficient (Wildman–Crippen LogP) is 3.83. The van der Waals surface area contributed by atoms with Gasteiger partial charge in [-0.2, -0.15) is 0 Å². The molecule has 4 rings (SSSR count). The van der Waals surface area contributed by atoms with Crippen molar-refractivity contribution in [1.82, 2.24) is 14.9 Å². The molecule has 1 aliphatic rings. The number of para-hydroxylation sites is 2. The summed E-state index contributed by atoms with van der Waals surface area (Å²) in [6.45, 7) is 4.94. The van der Waals surface area contributed by atoms with E-state index in [1.807, 2.05) is 43.3 Å². The Morgan fingerprint density at radius 1 is 1.07 bits per heavy atom. The molecular formula is C22H25N3O2. The summed E-state index contributed by atoms with van der Waals surface area (Å²) < 4.78 is 5.84. The van der Waals surface area contributed by atoms with Crippen LogP contribution < -0.4 is 0 Å². The van der Waals surface area contributed by atoms with Crippen LogP contribution in [0, 0.1) is 6.92 Å². The SMILES string of the molecule is Cc1nc(CN(Cc2ccccc2O)CC2CCCO2)nc2ccccc12. The molecule has 0 spiro atoms. The molecule has 0 bridgehead atoms. The van der Waals surface area contributed by atoms with E-state index in [1.54, 1.807) is 6.07 Å². The molecule has 5 heteroatoms. The zero-order chi connectivity index (χ0) is 18.6. The molecule has 1 aliphatic heterocycles. The molecule has 3 aromatic rings. The van der Waals surface area contributed by atoms with E-state index in [1.165, 1.54) is 0 Å². The average molecular weight is 363 g/mol. The van der Waals surface area contributed by atoms with Crippen molar-refractivity contribution in [1.29, 1.82) is 0 Å².